The highest BCUT2D eigenvalue weighted by molar-refractivity contribution is 5.86. The van der Waals surface area contributed by atoms with Gasteiger partial charge in [-0.3, -0.25) is 10.2 Å². The molecular weight excluding hydrogens is 346 g/mol. The Balaban J connectivity index is 1.53. The van der Waals surface area contributed by atoms with Crippen LogP contribution in [-0.4, -0.2) is 31.6 Å². The van der Waals surface area contributed by atoms with Crippen molar-refractivity contribution in [2.75, 3.05) is 26.7 Å². The molecule has 0 aliphatic carbocycles. The van der Waals surface area contributed by atoms with Crippen LogP contribution in [-0.2, 0) is 0 Å². The van der Waals surface area contributed by atoms with E-state index in [0.29, 0.717) is 6.04 Å². The van der Waals surface area contributed by atoms with Gasteiger partial charge in [0.15, 0.2) is 0 Å². The van der Waals surface area contributed by atoms with Crippen LogP contribution in [0.1, 0.15) is 36.2 Å². The summed E-state index contributed by atoms with van der Waals surface area (Å²) in [5.41, 5.74) is 9.03. The average Bonchev–Trinajstić information content (AvgIpc) is 3.28. The second-order valence-corrected chi connectivity index (χ2v) is 7.49. The third-order valence-corrected chi connectivity index (χ3v) is 5.77. The zero-order valence-electron chi connectivity index (χ0n) is 16.5. The molecular formula is C24H29N3O. The van der Waals surface area contributed by atoms with E-state index in [9.17, 15) is 0 Å². The highest BCUT2D eigenvalue weighted by Crippen LogP contribution is 2.27. The Hall–Kier alpha value is -2.40. The second kappa shape index (κ2) is 8.74. The van der Waals surface area contributed by atoms with Crippen molar-refractivity contribution >= 4 is 10.8 Å². The summed E-state index contributed by atoms with van der Waals surface area (Å²) < 4.78 is 5.32. The molecule has 1 fully saturated rings. The lowest BCUT2D eigenvalue weighted by molar-refractivity contribution is 0.233. The number of nitrogens with two attached hydrogens (primary N) is 1. The number of likely N-dealkylation sites (tertiary alicyclic amines) is 1. The van der Waals surface area contributed by atoms with Crippen LogP contribution >= 0.6 is 0 Å². The molecule has 2 unspecified atom stereocenters. The molecule has 3 aromatic carbocycles. The van der Waals surface area contributed by atoms with E-state index in [1.807, 2.05) is 12.1 Å². The summed E-state index contributed by atoms with van der Waals surface area (Å²) in [5, 5.41) is 6.04. The van der Waals surface area contributed by atoms with Gasteiger partial charge in [-0.2, -0.15) is 0 Å². The maximum absolute atomic E-state index is 6.58. The van der Waals surface area contributed by atoms with E-state index in [4.69, 9.17) is 10.5 Å². The number of methoxy groups -OCH3 is 1. The molecule has 0 bridgehead atoms. The molecule has 146 valence electrons. The Morgan fingerprint density at radius 2 is 1.68 bits per heavy atom. The molecule has 3 N–H and O–H groups in total. The van der Waals surface area contributed by atoms with Crippen molar-refractivity contribution in [1.82, 2.24) is 10.2 Å². The number of hydrogen-bond donors (Lipinski definition) is 2. The van der Waals surface area contributed by atoms with Gasteiger partial charge in [0, 0.05) is 12.6 Å². The Bertz CT molecular complexity index is 898. The van der Waals surface area contributed by atoms with E-state index in [-0.39, 0.29) is 6.17 Å². The van der Waals surface area contributed by atoms with Crippen molar-refractivity contribution < 1.29 is 4.74 Å². The van der Waals surface area contributed by atoms with Gasteiger partial charge in [-0.1, -0.05) is 54.6 Å². The van der Waals surface area contributed by atoms with Crippen LogP contribution in [0, 0.1) is 0 Å². The highest BCUT2D eigenvalue weighted by atomic mass is 16.5. The van der Waals surface area contributed by atoms with Crippen LogP contribution in [0.2, 0.25) is 0 Å². The fraction of sp³-hybridized carbons (Fsp3) is 0.333. The number of rotatable bonds is 7. The van der Waals surface area contributed by atoms with Crippen LogP contribution < -0.4 is 15.8 Å². The van der Waals surface area contributed by atoms with Crippen molar-refractivity contribution in [3.05, 3.63) is 77.9 Å². The number of nitrogens with one attached hydrogen (secondary N) is 1. The van der Waals surface area contributed by atoms with E-state index >= 15 is 0 Å². The molecule has 4 heteroatoms. The third kappa shape index (κ3) is 4.04. The van der Waals surface area contributed by atoms with Crippen LogP contribution in [0.3, 0.4) is 0 Å². The maximum Gasteiger partial charge on any atom is 0.118 e. The number of fused-ring (bicyclic) bond motifs is 1. The number of ether oxygens (including phenoxy) is 1. The molecule has 4 rings (SSSR count). The molecule has 0 spiro atoms. The van der Waals surface area contributed by atoms with Gasteiger partial charge >= 0.3 is 0 Å². The first-order valence-electron chi connectivity index (χ1n) is 10.1. The van der Waals surface area contributed by atoms with Gasteiger partial charge < -0.3 is 10.5 Å². The summed E-state index contributed by atoms with van der Waals surface area (Å²) in [6, 6.07) is 23.5. The van der Waals surface area contributed by atoms with Gasteiger partial charge in [0.25, 0.3) is 0 Å². The second-order valence-electron chi connectivity index (χ2n) is 7.49. The van der Waals surface area contributed by atoms with Crippen molar-refractivity contribution in [1.29, 1.82) is 0 Å². The lowest BCUT2D eigenvalue weighted by Crippen LogP contribution is -2.38. The molecule has 0 saturated carbocycles. The van der Waals surface area contributed by atoms with E-state index in [0.717, 1.165) is 30.9 Å². The topological polar surface area (TPSA) is 50.5 Å². The Labute approximate surface area is 167 Å². The van der Waals surface area contributed by atoms with Gasteiger partial charge in [-0.05, 0) is 60.0 Å². The number of hydrogen-bond acceptors (Lipinski definition) is 4. The van der Waals surface area contributed by atoms with Crippen molar-refractivity contribution in [2.24, 2.45) is 5.73 Å². The summed E-state index contributed by atoms with van der Waals surface area (Å²) in [6.45, 7) is 3.10. The molecule has 1 aliphatic heterocycles. The fourth-order valence-electron chi connectivity index (χ4n) is 4.21. The first-order valence-corrected chi connectivity index (χ1v) is 10.1. The smallest absolute Gasteiger partial charge is 0.118 e. The Morgan fingerprint density at radius 1 is 0.964 bits per heavy atom. The lowest BCUT2D eigenvalue weighted by Gasteiger charge is -2.30. The van der Waals surface area contributed by atoms with Crippen LogP contribution in [0.15, 0.2) is 66.7 Å². The molecule has 0 radical (unpaired) electrons. The van der Waals surface area contributed by atoms with Gasteiger partial charge in [0.1, 0.15) is 5.75 Å². The maximum atomic E-state index is 6.58. The minimum absolute atomic E-state index is 0.200. The monoisotopic (exact) mass is 375 g/mol. The summed E-state index contributed by atoms with van der Waals surface area (Å²) >= 11 is 0. The van der Waals surface area contributed by atoms with E-state index in [1.54, 1.807) is 7.11 Å². The summed E-state index contributed by atoms with van der Waals surface area (Å²) in [4.78, 5) is 2.56. The van der Waals surface area contributed by atoms with Crippen molar-refractivity contribution in [3.8, 4) is 5.75 Å². The van der Waals surface area contributed by atoms with Crippen LogP contribution in [0.4, 0.5) is 0 Å². The summed E-state index contributed by atoms with van der Waals surface area (Å²) in [7, 11) is 1.71. The molecule has 1 heterocycles. The molecule has 0 amide bonds. The molecule has 1 aliphatic rings. The summed E-state index contributed by atoms with van der Waals surface area (Å²) in [6.07, 6.45) is 2.33. The normalized spacial score (nSPS) is 16.9. The van der Waals surface area contributed by atoms with Gasteiger partial charge in [0.2, 0.25) is 0 Å². The molecule has 28 heavy (non-hydrogen) atoms. The minimum Gasteiger partial charge on any atom is -0.497 e. The Morgan fingerprint density at radius 3 is 2.43 bits per heavy atom. The first kappa shape index (κ1) is 18.9. The molecule has 1 saturated heterocycles. The number of nitrogens with zero attached hydrogens (tertiary/aromatic N) is 1. The minimum atomic E-state index is -0.200. The fourth-order valence-corrected chi connectivity index (χ4v) is 4.21. The van der Waals surface area contributed by atoms with Crippen molar-refractivity contribution in [2.45, 2.75) is 25.0 Å². The van der Waals surface area contributed by atoms with Gasteiger partial charge in [-0.15, -0.1) is 0 Å². The molecule has 3 aromatic rings. The quantitative estimate of drug-likeness (QED) is 0.607. The van der Waals surface area contributed by atoms with Gasteiger partial charge in [-0.25, -0.2) is 0 Å². The SMILES string of the molecule is COc1ccc(C(CNC(N)c2cccc3ccccc23)N2CCCC2)cc1. The van der Waals surface area contributed by atoms with Gasteiger partial charge in [0.05, 0.1) is 13.3 Å². The molecule has 2 atom stereocenters. The number of benzene rings is 3. The van der Waals surface area contributed by atoms with Crippen LogP contribution in [0.5, 0.6) is 5.75 Å². The standard InChI is InChI=1S/C24H29N3O/c1-28-20-13-11-19(12-14-20)23(27-15-4-5-16-27)17-26-24(25)22-10-6-8-18-7-2-3-9-21(18)22/h2-3,6-14,23-24,26H,4-5,15-17,25H2,1H3. The van der Waals surface area contributed by atoms with E-state index in [2.05, 4.69) is 64.8 Å². The van der Waals surface area contributed by atoms with Crippen molar-refractivity contribution in [3.63, 3.8) is 0 Å². The predicted molar refractivity (Wildman–Crippen MR) is 115 cm³/mol. The molecule has 0 aromatic heterocycles. The largest absolute Gasteiger partial charge is 0.497 e. The first-order chi connectivity index (χ1) is 13.8. The Kier molecular flexibility index (Phi) is 5.91. The predicted octanol–water partition coefficient (Wildman–Crippen LogP) is 4.23. The average molecular weight is 376 g/mol. The zero-order valence-corrected chi connectivity index (χ0v) is 16.5. The summed E-state index contributed by atoms with van der Waals surface area (Å²) in [5.74, 6) is 0.893. The third-order valence-electron chi connectivity index (χ3n) is 5.77. The van der Waals surface area contributed by atoms with E-state index < -0.39 is 0 Å². The van der Waals surface area contributed by atoms with E-state index in [1.165, 1.54) is 29.2 Å². The molecule has 4 nitrogen and oxygen atoms in total. The zero-order chi connectivity index (χ0) is 19.3. The van der Waals surface area contributed by atoms with Crippen LogP contribution in [0.25, 0.3) is 10.8 Å². The lowest BCUT2D eigenvalue weighted by atomic mass is 10.0. The highest BCUT2D eigenvalue weighted by Gasteiger charge is 2.24.